The zero-order chi connectivity index (χ0) is 13.0. The van der Waals surface area contributed by atoms with Crippen molar-refractivity contribution >= 4 is 17.7 Å². The first-order valence-electron chi connectivity index (χ1n) is 5.76. The molecule has 0 aliphatic carbocycles. The lowest BCUT2D eigenvalue weighted by atomic mass is 10.1. The predicted octanol–water partition coefficient (Wildman–Crippen LogP) is 2.87. The van der Waals surface area contributed by atoms with Crippen molar-refractivity contribution in [3.05, 3.63) is 54.4 Å². The van der Waals surface area contributed by atoms with Gasteiger partial charge in [0.25, 0.3) is 0 Å². The molecule has 0 saturated carbocycles. The molecule has 3 N–H and O–H groups in total. The Morgan fingerprint density at radius 2 is 2.00 bits per heavy atom. The first-order valence-corrected chi connectivity index (χ1v) is 5.76. The Kier molecular flexibility index (Phi) is 3.57. The molecule has 4 heteroatoms. The molecule has 1 heterocycles. The van der Waals surface area contributed by atoms with Crippen molar-refractivity contribution < 1.29 is 0 Å². The number of aromatic nitrogens is 2. The average molecular weight is 240 g/mol. The van der Waals surface area contributed by atoms with E-state index >= 15 is 0 Å². The smallest absolute Gasteiger partial charge is 0.139 e. The second kappa shape index (κ2) is 5.31. The monoisotopic (exact) mass is 240 g/mol. The van der Waals surface area contributed by atoms with E-state index in [1.54, 1.807) is 6.08 Å². The maximum Gasteiger partial charge on any atom is 0.139 e. The van der Waals surface area contributed by atoms with Gasteiger partial charge in [-0.25, -0.2) is 9.97 Å². The maximum atomic E-state index is 5.78. The molecule has 0 radical (unpaired) electrons. The lowest BCUT2D eigenvalue weighted by Gasteiger charge is -2.16. The van der Waals surface area contributed by atoms with Crippen molar-refractivity contribution in [1.82, 2.24) is 9.97 Å². The van der Waals surface area contributed by atoms with Crippen LogP contribution in [-0.4, -0.2) is 9.97 Å². The lowest BCUT2D eigenvalue weighted by Crippen LogP contribution is -2.10. The van der Waals surface area contributed by atoms with Crippen molar-refractivity contribution in [3.63, 3.8) is 0 Å². The molecular formula is C14H16N4. The Morgan fingerprint density at radius 3 is 2.67 bits per heavy atom. The summed E-state index contributed by atoms with van der Waals surface area (Å²) in [6.07, 6.45) is 3.11. The Morgan fingerprint density at radius 1 is 1.28 bits per heavy atom. The molecule has 2 aromatic rings. The van der Waals surface area contributed by atoms with Crippen LogP contribution in [0.1, 0.15) is 24.1 Å². The standard InChI is InChI=1S/C14H16N4/c1-3-12-13(15)16-9-17-14(12)18-10(2)11-7-5-4-6-8-11/h3-10H,1H2,2H3,(H3,15,16,17,18)/t10-/m0/s1. The van der Waals surface area contributed by atoms with Crippen LogP contribution in [0.2, 0.25) is 0 Å². The summed E-state index contributed by atoms with van der Waals surface area (Å²) in [7, 11) is 0. The fraction of sp³-hybridized carbons (Fsp3) is 0.143. The van der Waals surface area contributed by atoms with Crippen molar-refractivity contribution in [2.75, 3.05) is 11.1 Å². The van der Waals surface area contributed by atoms with Crippen LogP contribution in [0.25, 0.3) is 6.08 Å². The van der Waals surface area contributed by atoms with Gasteiger partial charge in [-0.3, -0.25) is 0 Å². The number of nitrogens with zero attached hydrogens (tertiary/aromatic N) is 2. The number of nitrogens with two attached hydrogens (primary N) is 1. The molecule has 0 aliphatic heterocycles. The highest BCUT2D eigenvalue weighted by Gasteiger charge is 2.10. The van der Waals surface area contributed by atoms with Crippen LogP contribution in [0.15, 0.2) is 43.2 Å². The summed E-state index contributed by atoms with van der Waals surface area (Å²) in [6.45, 7) is 5.80. The molecule has 4 nitrogen and oxygen atoms in total. The molecule has 92 valence electrons. The largest absolute Gasteiger partial charge is 0.383 e. The third-order valence-electron chi connectivity index (χ3n) is 2.77. The van der Waals surface area contributed by atoms with E-state index in [0.717, 1.165) is 5.56 Å². The third kappa shape index (κ3) is 2.48. The molecule has 0 amide bonds. The molecule has 0 saturated heterocycles. The highest BCUT2D eigenvalue weighted by atomic mass is 15.1. The second-order valence-electron chi connectivity index (χ2n) is 4.00. The molecule has 18 heavy (non-hydrogen) atoms. The minimum absolute atomic E-state index is 0.138. The van der Waals surface area contributed by atoms with Gasteiger partial charge in [-0.05, 0) is 12.5 Å². The highest BCUT2D eigenvalue weighted by Crippen LogP contribution is 2.23. The number of anilines is 2. The SMILES string of the molecule is C=Cc1c(N)ncnc1N[C@@H](C)c1ccccc1. The minimum Gasteiger partial charge on any atom is -0.383 e. The summed E-state index contributed by atoms with van der Waals surface area (Å²) in [5, 5.41) is 3.32. The van der Waals surface area contributed by atoms with Gasteiger partial charge in [-0.15, -0.1) is 0 Å². The van der Waals surface area contributed by atoms with Gasteiger partial charge < -0.3 is 11.1 Å². The molecule has 0 spiro atoms. The summed E-state index contributed by atoms with van der Waals surface area (Å²) >= 11 is 0. The van der Waals surface area contributed by atoms with E-state index in [1.165, 1.54) is 11.9 Å². The Balaban J connectivity index is 2.25. The van der Waals surface area contributed by atoms with Crippen LogP contribution in [0, 0.1) is 0 Å². The summed E-state index contributed by atoms with van der Waals surface area (Å²) in [5.74, 6) is 1.14. The maximum absolute atomic E-state index is 5.78. The van der Waals surface area contributed by atoms with E-state index in [9.17, 15) is 0 Å². The molecule has 0 bridgehead atoms. The quantitative estimate of drug-likeness (QED) is 0.862. The van der Waals surface area contributed by atoms with Crippen LogP contribution >= 0.6 is 0 Å². The molecule has 1 atom stereocenters. The zero-order valence-corrected chi connectivity index (χ0v) is 10.3. The van der Waals surface area contributed by atoms with Gasteiger partial charge in [-0.1, -0.05) is 43.0 Å². The van der Waals surface area contributed by atoms with Gasteiger partial charge in [0.15, 0.2) is 0 Å². The molecule has 1 aromatic heterocycles. The highest BCUT2D eigenvalue weighted by molar-refractivity contribution is 5.70. The van der Waals surface area contributed by atoms with E-state index in [4.69, 9.17) is 5.73 Å². The van der Waals surface area contributed by atoms with Gasteiger partial charge in [0.2, 0.25) is 0 Å². The first kappa shape index (κ1) is 12.1. The Hall–Kier alpha value is -2.36. The van der Waals surface area contributed by atoms with Crippen molar-refractivity contribution in [1.29, 1.82) is 0 Å². The summed E-state index contributed by atoms with van der Waals surface area (Å²) in [4.78, 5) is 8.15. The number of rotatable bonds is 4. The van der Waals surface area contributed by atoms with E-state index < -0.39 is 0 Å². The number of nitrogen functional groups attached to an aromatic ring is 1. The molecule has 2 rings (SSSR count). The fourth-order valence-corrected chi connectivity index (χ4v) is 1.76. The molecule has 1 aromatic carbocycles. The zero-order valence-electron chi connectivity index (χ0n) is 10.3. The van der Waals surface area contributed by atoms with Crippen molar-refractivity contribution in [3.8, 4) is 0 Å². The minimum atomic E-state index is 0.138. The Labute approximate surface area is 107 Å². The summed E-state index contributed by atoms with van der Waals surface area (Å²) < 4.78 is 0. The van der Waals surface area contributed by atoms with Gasteiger partial charge in [0.1, 0.15) is 18.0 Å². The second-order valence-corrected chi connectivity index (χ2v) is 4.00. The third-order valence-corrected chi connectivity index (χ3v) is 2.77. The lowest BCUT2D eigenvalue weighted by molar-refractivity contribution is 0.871. The van der Waals surface area contributed by atoms with E-state index in [-0.39, 0.29) is 6.04 Å². The predicted molar refractivity (Wildman–Crippen MR) is 75.0 cm³/mol. The van der Waals surface area contributed by atoms with Crippen LogP contribution < -0.4 is 11.1 Å². The molecular weight excluding hydrogens is 224 g/mol. The first-order chi connectivity index (χ1) is 8.72. The number of hydrogen-bond donors (Lipinski definition) is 2. The van der Waals surface area contributed by atoms with Crippen LogP contribution in [0.5, 0.6) is 0 Å². The Bertz CT molecular complexity index is 537. The van der Waals surface area contributed by atoms with Crippen molar-refractivity contribution in [2.24, 2.45) is 0 Å². The number of hydrogen-bond acceptors (Lipinski definition) is 4. The summed E-state index contributed by atoms with van der Waals surface area (Å²) in [5.41, 5.74) is 7.71. The van der Waals surface area contributed by atoms with Gasteiger partial charge in [0, 0.05) is 6.04 Å². The fourth-order valence-electron chi connectivity index (χ4n) is 1.76. The van der Waals surface area contributed by atoms with E-state index in [0.29, 0.717) is 11.6 Å². The normalized spacial score (nSPS) is 11.8. The van der Waals surface area contributed by atoms with E-state index in [2.05, 4.69) is 40.9 Å². The topological polar surface area (TPSA) is 63.8 Å². The summed E-state index contributed by atoms with van der Waals surface area (Å²) in [6, 6.07) is 10.3. The van der Waals surface area contributed by atoms with E-state index in [1.807, 2.05) is 18.2 Å². The number of benzene rings is 1. The van der Waals surface area contributed by atoms with Crippen molar-refractivity contribution in [2.45, 2.75) is 13.0 Å². The molecule has 0 unspecified atom stereocenters. The van der Waals surface area contributed by atoms with Crippen LogP contribution in [0.3, 0.4) is 0 Å². The van der Waals surface area contributed by atoms with Gasteiger partial charge >= 0.3 is 0 Å². The molecule has 0 fully saturated rings. The molecule has 0 aliphatic rings. The van der Waals surface area contributed by atoms with Gasteiger partial charge in [-0.2, -0.15) is 0 Å². The van der Waals surface area contributed by atoms with Crippen LogP contribution in [-0.2, 0) is 0 Å². The van der Waals surface area contributed by atoms with Crippen LogP contribution in [0.4, 0.5) is 11.6 Å². The number of nitrogens with one attached hydrogen (secondary N) is 1. The average Bonchev–Trinajstić information content (AvgIpc) is 2.40. The van der Waals surface area contributed by atoms with Gasteiger partial charge in [0.05, 0.1) is 5.56 Å².